The molecule has 0 radical (unpaired) electrons. The first-order valence-electron chi connectivity index (χ1n) is 2.11. The molecule has 44 valence electrons. The second-order valence-electron chi connectivity index (χ2n) is 0.990. The highest BCUT2D eigenvalue weighted by molar-refractivity contribution is 14.1. The van der Waals surface area contributed by atoms with Crippen molar-refractivity contribution in [1.29, 1.82) is 0 Å². The molecule has 0 aromatic heterocycles. The van der Waals surface area contributed by atoms with Crippen LogP contribution in [-0.2, 0) is 4.74 Å². The summed E-state index contributed by atoms with van der Waals surface area (Å²) < 4.78 is 16.9. The van der Waals surface area contributed by atoms with E-state index in [2.05, 4.69) is 22.6 Å². The Kier molecular flexibility index (Phi) is 7.21. The Morgan fingerprint density at radius 3 is 2.57 bits per heavy atom. The van der Waals surface area contributed by atoms with Crippen molar-refractivity contribution >= 4 is 22.6 Å². The summed E-state index contributed by atoms with van der Waals surface area (Å²) in [5.74, 6) is 0. The van der Waals surface area contributed by atoms with E-state index in [4.69, 9.17) is 4.74 Å². The van der Waals surface area contributed by atoms with E-state index < -0.39 is 0 Å². The topological polar surface area (TPSA) is 9.23 Å². The molecule has 0 rings (SSSR count). The maximum Gasteiger partial charge on any atom is 0.113 e. The van der Waals surface area contributed by atoms with Gasteiger partial charge in [0.1, 0.15) is 6.67 Å². The van der Waals surface area contributed by atoms with E-state index in [-0.39, 0.29) is 13.3 Å². The lowest BCUT2D eigenvalue weighted by Crippen LogP contribution is -1.97. The average Bonchev–Trinajstić information content (AvgIpc) is 1.69. The zero-order chi connectivity index (χ0) is 5.54. The van der Waals surface area contributed by atoms with E-state index in [1.807, 2.05) is 0 Å². The molecule has 0 saturated carbocycles. The van der Waals surface area contributed by atoms with Gasteiger partial charge in [-0.1, -0.05) is 22.6 Å². The monoisotopic (exact) mass is 218 g/mol. The summed E-state index contributed by atoms with van der Waals surface area (Å²) in [6.07, 6.45) is 0. The Labute approximate surface area is 56.4 Å². The fraction of sp³-hybridized carbons (Fsp3) is 1.00. The molecule has 0 fully saturated rings. The summed E-state index contributed by atoms with van der Waals surface area (Å²) in [5, 5.41) is 0. The third-order valence-corrected chi connectivity index (χ3v) is 0.883. The standard InChI is InChI=1S/C4H8FIO/c5-1-3-7-4-2-6/h1-4H2. The summed E-state index contributed by atoms with van der Waals surface area (Å²) in [6.45, 7) is 0.560. The van der Waals surface area contributed by atoms with E-state index in [0.717, 1.165) is 4.43 Å². The summed E-state index contributed by atoms with van der Waals surface area (Å²) >= 11 is 2.18. The maximum atomic E-state index is 11.2. The van der Waals surface area contributed by atoms with Crippen LogP contribution in [0.25, 0.3) is 0 Å². The molecule has 0 N–H and O–H groups in total. The highest BCUT2D eigenvalue weighted by Gasteiger charge is 1.80. The minimum atomic E-state index is -0.364. The van der Waals surface area contributed by atoms with Gasteiger partial charge in [0.05, 0.1) is 13.2 Å². The molecule has 0 unspecified atom stereocenters. The third-order valence-electron chi connectivity index (χ3n) is 0.443. The number of hydrogen-bond donors (Lipinski definition) is 0. The van der Waals surface area contributed by atoms with Gasteiger partial charge >= 0.3 is 0 Å². The molecule has 0 bridgehead atoms. The predicted molar refractivity (Wildman–Crippen MR) is 35.7 cm³/mol. The maximum absolute atomic E-state index is 11.2. The molecule has 7 heavy (non-hydrogen) atoms. The summed E-state index contributed by atoms with van der Waals surface area (Å²) in [4.78, 5) is 0. The largest absolute Gasteiger partial charge is 0.378 e. The van der Waals surface area contributed by atoms with Crippen molar-refractivity contribution in [2.75, 3.05) is 24.3 Å². The molecule has 0 aromatic rings. The lowest BCUT2D eigenvalue weighted by atomic mass is 10.8. The van der Waals surface area contributed by atoms with E-state index >= 15 is 0 Å². The molecule has 0 spiro atoms. The number of hydrogen-bond acceptors (Lipinski definition) is 1. The van der Waals surface area contributed by atoms with Gasteiger partial charge in [0.2, 0.25) is 0 Å². The van der Waals surface area contributed by atoms with Crippen LogP contribution < -0.4 is 0 Å². The molecule has 3 heteroatoms. The number of ether oxygens (including phenoxy) is 1. The van der Waals surface area contributed by atoms with Gasteiger partial charge in [0, 0.05) is 4.43 Å². The van der Waals surface area contributed by atoms with Gasteiger partial charge in [0.25, 0.3) is 0 Å². The molecule has 0 aliphatic rings. The first kappa shape index (κ1) is 7.62. The van der Waals surface area contributed by atoms with E-state index in [0.29, 0.717) is 6.61 Å². The van der Waals surface area contributed by atoms with Crippen LogP contribution >= 0.6 is 22.6 Å². The van der Waals surface area contributed by atoms with Gasteiger partial charge in [0.15, 0.2) is 0 Å². The molecule has 0 atom stereocenters. The second kappa shape index (κ2) is 6.62. The molecular formula is C4H8FIO. The van der Waals surface area contributed by atoms with Crippen LogP contribution in [0.15, 0.2) is 0 Å². The third kappa shape index (κ3) is 6.62. The van der Waals surface area contributed by atoms with Crippen LogP contribution in [0.4, 0.5) is 4.39 Å². The summed E-state index contributed by atoms with van der Waals surface area (Å²) in [6, 6.07) is 0. The van der Waals surface area contributed by atoms with Gasteiger partial charge < -0.3 is 4.74 Å². The first-order chi connectivity index (χ1) is 3.41. The Morgan fingerprint density at radius 2 is 2.14 bits per heavy atom. The Morgan fingerprint density at radius 1 is 1.43 bits per heavy atom. The van der Waals surface area contributed by atoms with Crippen molar-refractivity contribution in [3.05, 3.63) is 0 Å². The highest BCUT2D eigenvalue weighted by atomic mass is 127. The van der Waals surface area contributed by atoms with Crippen LogP contribution in [0.1, 0.15) is 0 Å². The van der Waals surface area contributed by atoms with Crippen LogP contribution in [0.5, 0.6) is 0 Å². The van der Waals surface area contributed by atoms with Crippen molar-refractivity contribution < 1.29 is 9.13 Å². The molecule has 0 aliphatic carbocycles. The molecule has 0 amide bonds. The van der Waals surface area contributed by atoms with Crippen LogP contribution in [0.3, 0.4) is 0 Å². The number of halogens is 2. The second-order valence-corrected chi connectivity index (χ2v) is 2.07. The zero-order valence-corrected chi connectivity index (χ0v) is 6.15. The molecule has 0 saturated heterocycles. The lowest BCUT2D eigenvalue weighted by Gasteiger charge is -1.93. The van der Waals surface area contributed by atoms with Crippen molar-refractivity contribution in [2.24, 2.45) is 0 Å². The fourth-order valence-electron chi connectivity index (χ4n) is 0.211. The fourth-order valence-corrected chi connectivity index (χ4v) is 0.523. The van der Waals surface area contributed by atoms with Gasteiger partial charge in [-0.05, 0) is 0 Å². The van der Waals surface area contributed by atoms with Crippen molar-refractivity contribution in [3.8, 4) is 0 Å². The summed E-state index contributed by atoms with van der Waals surface area (Å²) in [5.41, 5.74) is 0. The number of rotatable bonds is 4. The Bertz CT molecular complexity index is 30.9. The smallest absolute Gasteiger partial charge is 0.113 e. The van der Waals surface area contributed by atoms with Crippen LogP contribution in [0.2, 0.25) is 0 Å². The predicted octanol–water partition coefficient (Wildman–Crippen LogP) is 1.41. The van der Waals surface area contributed by atoms with Crippen LogP contribution in [-0.4, -0.2) is 24.3 Å². The quantitative estimate of drug-likeness (QED) is 0.393. The van der Waals surface area contributed by atoms with Gasteiger partial charge in [-0.3, -0.25) is 0 Å². The number of alkyl halides is 2. The molecule has 0 heterocycles. The van der Waals surface area contributed by atoms with E-state index in [9.17, 15) is 4.39 Å². The van der Waals surface area contributed by atoms with Gasteiger partial charge in [-0.25, -0.2) is 4.39 Å². The van der Waals surface area contributed by atoms with E-state index in [1.165, 1.54) is 0 Å². The zero-order valence-electron chi connectivity index (χ0n) is 3.99. The van der Waals surface area contributed by atoms with Crippen molar-refractivity contribution in [2.45, 2.75) is 0 Å². The van der Waals surface area contributed by atoms with E-state index in [1.54, 1.807) is 0 Å². The average molecular weight is 218 g/mol. The Balaban J connectivity index is 2.45. The SMILES string of the molecule is FCCOCCI. The Hall–Kier alpha value is 0.620. The summed E-state index contributed by atoms with van der Waals surface area (Å²) in [7, 11) is 0. The van der Waals surface area contributed by atoms with Crippen LogP contribution in [0, 0.1) is 0 Å². The molecular weight excluding hydrogens is 210 g/mol. The lowest BCUT2D eigenvalue weighted by molar-refractivity contribution is 0.134. The van der Waals surface area contributed by atoms with Gasteiger partial charge in [-0.2, -0.15) is 0 Å². The van der Waals surface area contributed by atoms with Gasteiger partial charge in [-0.15, -0.1) is 0 Å². The molecule has 1 nitrogen and oxygen atoms in total. The van der Waals surface area contributed by atoms with Crippen molar-refractivity contribution in [1.82, 2.24) is 0 Å². The first-order valence-corrected chi connectivity index (χ1v) is 3.64. The normalized spacial score (nSPS) is 9.43. The minimum Gasteiger partial charge on any atom is -0.378 e. The minimum absolute atomic E-state index is 0.253. The highest BCUT2D eigenvalue weighted by Crippen LogP contribution is 1.81. The molecule has 0 aromatic carbocycles. The molecule has 0 aliphatic heterocycles. The van der Waals surface area contributed by atoms with Crippen molar-refractivity contribution in [3.63, 3.8) is 0 Å².